The number of pyridine rings is 1. The third kappa shape index (κ3) is 4.84. The standard InChI is InChI=1S/C17H22N4OS/c22-16(11-14-3-1-7-19-14)20-8-2-4-17-21-15(12-23-17)13-5-9-18-10-6-13/h5-6,9-10,12,14,19H,1-4,7-8,11H2,(H,20,22). The summed E-state index contributed by atoms with van der Waals surface area (Å²) in [6, 6.07) is 4.31. The van der Waals surface area contributed by atoms with Gasteiger partial charge in [-0.05, 0) is 37.9 Å². The van der Waals surface area contributed by atoms with Gasteiger partial charge in [0, 0.05) is 48.8 Å². The average Bonchev–Trinajstić information content (AvgIpc) is 3.24. The summed E-state index contributed by atoms with van der Waals surface area (Å²) in [5.74, 6) is 0.154. The lowest BCUT2D eigenvalue weighted by molar-refractivity contribution is -0.121. The highest BCUT2D eigenvalue weighted by molar-refractivity contribution is 7.09. The minimum atomic E-state index is 0.154. The molecule has 23 heavy (non-hydrogen) atoms. The number of thiazole rings is 1. The first kappa shape index (κ1) is 16.1. The van der Waals surface area contributed by atoms with Gasteiger partial charge in [-0.1, -0.05) is 0 Å². The van der Waals surface area contributed by atoms with Crippen LogP contribution in [0.15, 0.2) is 29.9 Å². The van der Waals surface area contributed by atoms with Crippen LogP contribution in [0.3, 0.4) is 0 Å². The molecule has 6 heteroatoms. The maximum absolute atomic E-state index is 11.8. The fourth-order valence-corrected chi connectivity index (χ4v) is 3.62. The zero-order valence-electron chi connectivity index (χ0n) is 13.1. The molecule has 0 saturated carbocycles. The van der Waals surface area contributed by atoms with Crippen LogP contribution >= 0.6 is 11.3 Å². The van der Waals surface area contributed by atoms with Gasteiger partial charge in [-0.2, -0.15) is 0 Å². The van der Waals surface area contributed by atoms with E-state index in [1.54, 1.807) is 23.7 Å². The third-order valence-corrected chi connectivity index (χ3v) is 4.92. The summed E-state index contributed by atoms with van der Waals surface area (Å²) < 4.78 is 0. The summed E-state index contributed by atoms with van der Waals surface area (Å²) in [4.78, 5) is 20.5. The van der Waals surface area contributed by atoms with E-state index in [9.17, 15) is 4.79 Å². The van der Waals surface area contributed by atoms with Crippen LogP contribution in [0.2, 0.25) is 0 Å². The first-order valence-electron chi connectivity index (χ1n) is 8.16. The summed E-state index contributed by atoms with van der Waals surface area (Å²) in [5.41, 5.74) is 2.10. The highest BCUT2D eigenvalue weighted by atomic mass is 32.1. The van der Waals surface area contributed by atoms with Crippen molar-refractivity contribution in [3.05, 3.63) is 34.9 Å². The average molecular weight is 330 g/mol. The quantitative estimate of drug-likeness (QED) is 0.765. The number of aromatic nitrogens is 2. The van der Waals surface area contributed by atoms with Crippen molar-refractivity contribution >= 4 is 17.2 Å². The molecule has 1 aliphatic rings. The molecule has 0 aliphatic carbocycles. The molecule has 0 spiro atoms. The predicted octanol–water partition coefficient (Wildman–Crippen LogP) is 2.40. The summed E-state index contributed by atoms with van der Waals surface area (Å²) in [5, 5.41) is 9.55. The molecule has 0 bridgehead atoms. The van der Waals surface area contributed by atoms with Gasteiger partial charge in [0.2, 0.25) is 5.91 Å². The van der Waals surface area contributed by atoms with E-state index in [2.05, 4.69) is 26.0 Å². The van der Waals surface area contributed by atoms with Crippen molar-refractivity contribution in [2.24, 2.45) is 0 Å². The largest absolute Gasteiger partial charge is 0.356 e. The van der Waals surface area contributed by atoms with Crippen LogP contribution in [-0.2, 0) is 11.2 Å². The van der Waals surface area contributed by atoms with Crippen molar-refractivity contribution in [3.8, 4) is 11.3 Å². The number of carbonyl (C=O) groups excluding carboxylic acids is 1. The molecule has 1 aliphatic heterocycles. The van der Waals surface area contributed by atoms with Crippen molar-refractivity contribution in [2.45, 2.75) is 38.1 Å². The number of nitrogens with one attached hydrogen (secondary N) is 2. The van der Waals surface area contributed by atoms with E-state index >= 15 is 0 Å². The summed E-state index contributed by atoms with van der Waals surface area (Å²) in [7, 11) is 0. The summed E-state index contributed by atoms with van der Waals surface area (Å²) >= 11 is 1.68. The third-order valence-electron chi connectivity index (χ3n) is 4.01. The number of hydrogen-bond donors (Lipinski definition) is 2. The number of carbonyl (C=O) groups is 1. The van der Waals surface area contributed by atoms with E-state index in [1.807, 2.05) is 12.1 Å². The Bertz CT molecular complexity index is 623. The molecule has 5 nitrogen and oxygen atoms in total. The molecule has 0 aromatic carbocycles. The van der Waals surface area contributed by atoms with Crippen LogP contribution < -0.4 is 10.6 Å². The van der Waals surface area contributed by atoms with E-state index in [1.165, 1.54) is 6.42 Å². The van der Waals surface area contributed by atoms with Crippen LogP contribution in [0.4, 0.5) is 0 Å². The first-order chi connectivity index (χ1) is 11.3. The van der Waals surface area contributed by atoms with Crippen LogP contribution in [0.5, 0.6) is 0 Å². The van der Waals surface area contributed by atoms with Crippen LogP contribution in [0, 0.1) is 0 Å². The van der Waals surface area contributed by atoms with Gasteiger partial charge in [-0.25, -0.2) is 4.98 Å². The van der Waals surface area contributed by atoms with Gasteiger partial charge >= 0.3 is 0 Å². The maximum Gasteiger partial charge on any atom is 0.221 e. The minimum absolute atomic E-state index is 0.154. The highest BCUT2D eigenvalue weighted by Gasteiger charge is 2.17. The zero-order valence-corrected chi connectivity index (χ0v) is 13.9. The number of hydrogen-bond acceptors (Lipinski definition) is 5. The molecule has 1 atom stereocenters. The second kappa shape index (κ2) is 8.17. The smallest absolute Gasteiger partial charge is 0.221 e. The van der Waals surface area contributed by atoms with Crippen molar-refractivity contribution in [2.75, 3.05) is 13.1 Å². The molecule has 1 amide bonds. The summed E-state index contributed by atoms with van der Waals surface area (Å²) in [6.45, 7) is 1.76. The fourth-order valence-electron chi connectivity index (χ4n) is 2.78. The monoisotopic (exact) mass is 330 g/mol. The molecule has 2 N–H and O–H groups in total. The van der Waals surface area contributed by atoms with E-state index in [4.69, 9.17) is 0 Å². The van der Waals surface area contributed by atoms with Crippen LogP contribution in [0.25, 0.3) is 11.3 Å². The Morgan fingerprint density at radius 1 is 1.39 bits per heavy atom. The summed E-state index contributed by atoms with van der Waals surface area (Å²) in [6.07, 6.45) is 8.28. The van der Waals surface area contributed by atoms with Crippen LogP contribution in [0.1, 0.15) is 30.7 Å². The number of nitrogens with zero attached hydrogens (tertiary/aromatic N) is 2. The number of rotatable bonds is 7. The Labute approximate surface area is 140 Å². The predicted molar refractivity (Wildman–Crippen MR) is 92.3 cm³/mol. The van der Waals surface area contributed by atoms with Gasteiger partial charge in [-0.3, -0.25) is 9.78 Å². The lowest BCUT2D eigenvalue weighted by Gasteiger charge is -2.09. The molecule has 122 valence electrons. The molecular formula is C17H22N4OS. The molecule has 2 aromatic heterocycles. The van der Waals surface area contributed by atoms with Crippen molar-refractivity contribution in [1.29, 1.82) is 0 Å². The van der Waals surface area contributed by atoms with Gasteiger partial charge in [0.25, 0.3) is 0 Å². The Morgan fingerprint density at radius 2 is 2.26 bits per heavy atom. The highest BCUT2D eigenvalue weighted by Crippen LogP contribution is 2.21. The molecule has 3 heterocycles. The van der Waals surface area contributed by atoms with Gasteiger partial charge in [0.1, 0.15) is 0 Å². The normalized spacial score (nSPS) is 17.3. The molecule has 3 rings (SSSR count). The lowest BCUT2D eigenvalue weighted by atomic mass is 10.1. The zero-order chi connectivity index (χ0) is 15.9. The Balaban J connectivity index is 1.37. The Morgan fingerprint density at radius 3 is 3.04 bits per heavy atom. The topological polar surface area (TPSA) is 66.9 Å². The number of aryl methyl sites for hydroxylation is 1. The Hall–Kier alpha value is -1.79. The molecular weight excluding hydrogens is 308 g/mol. The fraction of sp³-hybridized carbons (Fsp3) is 0.471. The molecule has 0 radical (unpaired) electrons. The van der Waals surface area contributed by atoms with Gasteiger partial charge in [-0.15, -0.1) is 11.3 Å². The minimum Gasteiger partial charge on any atom is -0.356 e. The van der Waals surface area contributed by atoms with Crippen molar-refractivity contribution in [1.82, 2.24) is 20.6 Å². The van der Waals surface area contributed by atoms with Crippen molar-refractivity contribution in [3.63, 3.8) is 0 Å². The first-order valence-corrected chi connectivity index (χ1v) is 9.04. The molecule has 1 saturated heterocycles. The molecule has 1 unspecified atom stereocenters. The van der Waals surface area contributed by atoms with Gasteiger partial charge in [0.05, 0.1) is 10.7 Å². The van der Waals surface area contributed by atoms with Gasteiger partial charge < -0.3 is 10.6 Å². The second-order valence-electron chi connectivity index (χ2n) is 5.81. The molecule has 2 aromatic rings. The van der Waals surface area contributed by atoms with Crippen molar-refractivity contribution < 1.29 is 4.79 Å². The van der Waals surface area contributed by atoms with E-state index in [-0.39, 0.29) is 5.91 Å². The SMILES string of the molecule is O=C(CC1CCCN1)NCCCc1nc(-c2ccncc2)cs1. The van der Waals surface area contributed by atoms with E-state index < -0.39 is 0 Å². The second-order valence-corrected chi connectivity index (χ2v) is 6.76. The Kier molecular flexibility index (Phi) is 5.71. The lowest BCUT2D eigenvalue weighted by Crippen LogP contribution is -2.32. The van der Waals surface area contributed by atoms with E-state index in [0.717, 1.165) is 48.6 Å². The van der Waals surface area contributed by atoms with Crippen LogP contribution in [-0.4, -0.2) is 35.0 Å². The van der Waals surface area contributed by atoms with Gasteiger partial charge in [0.15, 0.2) is 0 Å². The maximum atomic E-state index is 11.8. The van der Waals surface area contributed by atoms with E-state index in [0.29, 0.717) is 12.5 Å². The molecule has 1 fully saturated rings. The number of amides is 1.